The fourth-order valence-electron chi connectivity index (χ4n) is 2.49. The molecule has 5 heteroatoms. The maximum Gasteiger partial charge on any atom is 0.245 e. The highest BCUT2D eigenvalue weighted by Gasteiger charge is 2.30. The van der Waals surface area contributed by atoms with Crippen molar-refractivity contribution in [1.29, 1.82) is 0 Å². The number of hydrogen-bond acceptors (Lipinski definition) is 2. The number of nitrogens with zero attached hydrogens (tertiary/aromatic N) is 1. The summed E-state index contributed by atoms with van der Waals surface area (Å²) in [7, 11) is 0. The van der Waals surface area contributed by atoms with Crippen LogP contribution in [0.5, 0.6) is 0 Å². The minimum absolute atomic E-state index is 0.00417. The zero-order chi connectivity index (χ0) is 15.4. The van der Waals surface area contributed by atoms with Crippen LogP contribution in [0.2, 0.25) is 5.02 Å². The van der Waals surface area contributed by atoms with Gasteiger partial charge in [-0.1, -0.05) is 37.6 Å². The molecule has 1 aromatic carbocycles. The Hall–Kier alpha value is -1.55. The monoisotopic (exact) mass is 308 g/mol. The quantitative estimate of drug-likeness (QED) is 0.929. The summed E-state index contributed by atoms with van der Waals surface area (Å²) >= 11 is 5.87. The molecule has 1 heterocycles. The second kappa shape index (κ2) is 6.94. The normalized spacial score (nSPS) is 19.6. The summed E-state index contributed by atoms with van der Waals surface area (Å²) in [4.78, 5) is 26.1. The average Bonchev–Trinajstić information content (AvgIpc) is 2.54. The summed E-state index contributed by atoms with van der Waals surface area (Å²) in [5.74, 6) is 0.312. The molecule has 1 saturated heterocycles. The molecular weight excluding hydrogens is 288 g/mol. The Morgan fingerprint density at radius 1 is 1.29 bits per heavy atom. The lowest BCUT2D eigenvalue weighted by molar-refractivity contribution is -0.134. The molecule has 1 fully saturated rings. The second-order valence-corrected chi connectivity index (χ2v) is 6.32. The minimum atomic E-state index is -0.410. The summed E-state index contributed by atoms with van der Waals surface area (Å²) in [5, 5.41) is 3.51. The smallest absolute Gasteiger partial charge is 0.245 e. The van der Waals surface area contributed by atoms with Crippen molar-refractivity contribution in [3.05, 3.63) is 34.9 Å². The van der Waals surface area contributed by atoms with Crippen molar-refractivity contribution in [2.75, 3.05) is 6.54 Å². The van der Waals surface area contributed by atoms with Gasteiger partial charge in [0.1, 0.15) is 6.04 Å². The SMILES string of the molecule is CC(C)CC1NC(=O)CCN(Cc2ccc(Cl)cc2)C1=O. The van der Waals surface area contributed by atoms with Crippen LogP contribution in [0.3, 0.4) is 0 Å². The predicted molar refractivity (Wildman–Crippen MR) is 82.9 cm³/mol. The molecule has 0 aromatic heterocycles. The molecule has 1 aromatic rings. The summed E-state index contributed by atoms with van der Waals surface area (Å²) in [5.41, 5.74) is 1.02. The van der Waals surface area contributed by atoms with Gasteiger partial charge in [0.2, 0.25) is 11.8 Å². The highest BCUT2D eigenvalue weighted by atomic mass is 35.5. The van der Waals surface area contributed by atoms with Gasteiger partial charge in [-0.15, -0.1) is 0 Å². The first-order valence-corrected chi connectivity index (χ1v) is 7.66. The zero-order valence-corrected chi connectivity index (χ0v) is 13.2. The molecule has 0 aliphatic carbocycles. The van der Waals surface area contributed by atoms with Crippen LogP contribution in [-0.2, 0) is 16.1 Å². The molecule has 21 heavy (non-hydrogen) atoms. The summed E-state index contributed by atoms with van der Waals surface area (Å²) < 4.78 is 0. The second-order valence-electron chi connectivity index (χ2n) is 5.89. The van der Waals surface area contributed by atoms with Gasteiger partial charge < -0.3 is 10.2 Å². The Balaban J connectivity index is 2.11. The first kappa shape index (κ1) is 15.8. The molecule has 1 N–H and O–H groups in total. The zero-order valence-electron chi connectivity index (χ0n) is 12.4. The molecular formula is C16H21ClN2O2. The van der Waals surface area contributed by atoms with Gasteiger partial charge in [-0.3, -0.25) is 9.59 Å². The number of nitrogens with one attached hydrogen (secondary N) is 1. The fraction of sp³-hybridized carbons (Fsp3) is 0.500. The van der Waals surface area contributed by atoms with E-state index in [0.717, 1.165) is 5.56 Å². The number of halogens is 1. The van der Waals surface area contributed by atoms with E-state index in [1.54, 1.807) is 4.90 Å². The number of carbonyl (C=O) groups excluding carboxylic acids is 2. The molecule has 1 atom stereocenters. The minimum Gasteiger partial charge on any atom is -0.344 e. The maximum absolute atomic E-state index is 12.6. The third-order valence-corrected chi connectivity index (χ3v) is 3.80. The topological polar surface area (TPSA) is 49.4 Å². The molecule has 2 rings (SSSR count). The number of carbonyl (C=O) groups is 2. The number of rotatable bonds is 4. The Labute approximate surface area is 130 Å². The first-order valence-electron chi connectivity index (χ1n) is 7.28. The Bertz CT molecular complexity index is 514. The van der Waals surface area contributed by atoms with Crippen LogP contribution < -0.4 is 5.32 Å². The van der Waals surface area contributed by atoms with Crippen molar-refractivity contribution in [2.45, 2.75) is 39.3 Å². The molecule has 114 valence electrons. The number of amides is 2. The van der Waals surface area contributed by atoms with E-state index in [9.17, 15) is 9.59 Å². The maximum atomic E-state index is 12.6. The van der Waals surface area contributed by atoms with Gasteiger partial charge in [0.25, 0.3) is 0 Å². The van der Waals surface area contributed by atoms with E-state index in [-0.39, 0.29) is 11.8 Å². The molecule has 0 bridgehead atoms. The van der Waals surface area contributed by atoms with Gasteiger partial charge in [-0.05, 0) is 30.0 Å². The van der Waals surface area contributed by atoms with Crippen molar-refractivity contribution < 1.29 is 9.59 Å². The van der Waals surface area contributed by atoms with Crippen LogP contribution in [0.15, 0.2) is 24.3 Å². The number of benzene rings is 1. The van der Waals surface area contributed by atoms with Crippen molar-refractivity contribution in [1.82, 2.24) is 10.2 Å². The van der Waals surface area contributed by atoms with E-state index < -0.39 is 6.04 Å². The van der Waals surface area contributed by atoms with Crippen LogP contribution in [0.4, 0.5) is 0 Å². The molecule has 0 saturated carbocycles. The van der Waals surface area contributed by atoms with E-state index in [1.807, 2.05) is 38.1 Å². The summed E-state index contributed by atoms with van der Waals surface area (Å²) in [6, 6.07) is 7.04. The highest BCUT2D eigenvalue weighted by molar-refractivity contribution is 6.30. The first-order chi connectivity index (χ1) is 9.95. The lowest BCUT2D eigenvalue weighted by atomic mass is 10.0. The van der Waals surface area contributed by atoms with Crippen LogP contribution in [0.25, 0.3) is 0 Å². The lowest BCUT2D eigenvalue weighted by Gasteiger charge is -2.25. The van der Waals surface area contributed by atoms with Gasteiger partial charge >= 0.3 is 0 Å². The molecule has 0 radical (unpaired) electrons. The molecule has 1 unspecified atom stereocenters. The summed E-state index contributed by atoms with van der Waals surface area (Å²) in [6.07, 6.45) is 1.02. The van der Waals surface area contributed by atoms with Gasteiger partial charge in [0, 0.05) is 24.5 Å². The molecule has 4 nitrogen and oxygen atoms in total. The molecule has 1 aliphatic heterocycles. The molecule has 2 amide bonds. The van der Waals surface area contributed by atoms with E-state index in [4.69, 9.17) is 11.6 Å². The van der Waals surface area contributed by atoms with E-state index in [1.165, 1.54) is 0 Å². The van der Waals surface area contributed by atoms with Gasteiger partial charge in [-0.2, -0.15) is 0 Å². The standard InChI is InChI=1S/C16H21ClN2O2/c1-11(2)9-14-16(21)19(8-7-15(20)18-14)10-12-3-5-13(17)6-4-12/h3-6,11,14H,7-10H2,1-2H3,(H,18,20). The van der Waals surface area contributed by atoms with Gasteiger partial charge in [-0.25, -0.2) is 0 Å². The van der Waals surface area contributed by atoms with Crippen LogP contribution >= 0.6 is 11.6 Å². The van der Waals surface area contributed by atoms with E-state index in [2.05, 4.69) is 5.32 Å². The third kappa shape index (κ3) is 4.46. The van der Waals surface area contributed by atoms with E-state index in [0.29, 0.717) is 36.9 Å². The largest absolute Gasteiger partial charge is 0.344 e. The predicted octanol–water partition coefficient (Wildman–Crippen LogP) is 2.60. The Morgan fingerprint density at radius 3 is 2.57 bits per heavy atom. The molecule has 1 aliphatic rings. The molecule has 0 spiro atoms. The average molecular weight is 309 g/mol. The van der Waals surface area contributed by atoms with Crippen LogP contribution in [0, 0.1) is 5.92 Å². The number of hydrogen-bond donors (Lipinski definition) is 1. The van der Waals surface area contributed by atoms with Crippen LogP contribution in [0.1, 0.15) is 32.3 Å². The van der Waals surface area contributed by atoms with E-state index >= 15 is 0 Å². The Kier molecular flexibility index (Phi) is 5.23. The van der Waals surface area contributed by atoms with Crippen molar-refractivity contribution >= 4 is 23.4 Å². The van der Waals surface area contributed by atoms with Crippen molar-refractivity contribution in [3.63, 3.8) is 0 Å². The van der Waals surface area contributed by atoms with Gasteiger partial charge in [0.15, 0.2) is 0 Å². The fourth-order valence-corrected chi connectivity index (χ4v) is 2.62. The van der Waals surface area contributed by atoms with Crippen molar-refractivity contribution in [3.8, 4) is 0 Å². The summed E-state index contributed by atoms with van der Waals surface area (Å²) in [6.45, 7) is 5.07. The lowest BCUT2D eigenvalue weighted by Crippen LogP contribution is -2.45. The third-order valence-electron chi connectivity index (χ3n) is 3.55. The highest BCUT2D eigenvalue weighted by Crippen LogP contribution is 2.16. The Morgan fingerprint density at radius 2 is 1.95 bits per heavy atom. The van der Waals surface area contributed by atoms with Crippen LogP contribution in [-0.4, -0.2) is 29.3 Å². The van der Waals surface area contributed by atoms with Crippen molar-refractivity contribution in [2.24, 2.45) is 5.92 Å². The van der Waals surface area contributed by atoms with Gasteiger partial charge in [0.05, 0.1) is 0 Å².